The number of nitrogens with one attached hydrogen (secondary N) is 1. The van der Waals surface area contributed by atoms with Crippen molar-refractivity contribution in [2.24, 2.45) is 10.9 Å². The van der Waals surface area contributed by atoms with Gasteiger partial charge >= 0.3 is 0 Å². The summed E-state index contributed by atoms with van der Waals surface area (Å²) in [6.07, 6.45) is 2.67. The van der Waals surface area contributed by atoms with E-state index in [1.54, 1.807) is 17.8 Å². The molecule has 1 N–H and O–H groups in total. The van der Waals surface area contributed by atoms with Gasteiger partial charge in [-0.15, -0.1) is 0 Å². The van der Waals surface area contributed by atoms with Gasteiger partial charge in [0.1, 0.15) is 11.6 Å². The van der Waals surface area contributed by atoms with Gasteiger partial charge in [-0.2, -0.15) is 0 Å². The minimum atomic E-state index is -0.297. The maximum Gasteiger partial charge on any atom is 0.161 e. The molecule has 0 spiro atoms. The molecule has 0 amide bonds. The fraction of sp³-hybridized carbons (Fsp3) is 0.462. The Hall–Kier alpha value is -1.23. The molecule has 0 aromatic heterocycles. The van der Waals surface area contributed by atoms with Crippen LogP contribution in [0.15, 0.2) is 23.2 Å². The monoisotopic (exact) mass is 266 g/mol. The molecule has 18 heavy (non-hydrogen) atoms. The van der Waals surface area contributed by atoms with Crippen LogP contribution in [0.1, 0.15) is 12.8 Å². The summed E-state index contributed by atoms with van der Waals surface area (Å²) in [6.45, 7) is 0.890. The highest BCUT2D eigenvalue weighted by atomic mass is 32.2. The third kappa shape index (κ3) is 2.46. The highest BCUT2D eigenvalue weighted by Gasteiger charge is 2.35. The fourth-order valence-electron chi connectivity index (χ4n) is 2.06. The van der Waals surface area contributed by atoms with Crippen molar-refractivity contribution in [3.05, 3.63) is 24.0 Å². The van der Waals surface area contributed by atoms with Gasteiger partial charge < -0.3 is 10.1 Å². The van der Waals surface area contributed by atoms with Crippen LogP contribution in [0.2, 0.25) is 0 Å². The SMILES string of the molecule is COc1cc(F)ccc1NC1=NCC(C2CC2)S1. The number of hydrogen-bond donors (Lipinski definition) is 1. The lowest BCUT2D eigenvalue weighted by molar-refractivity contribution is 0.413. The van der Waals surface area contributed by atoms with Crippen LogP contribution in [0.4, 0.5) is 10.1 Å². The summed E-state index contributed by atoms with van der Waals surface area (Å²) in [6, 6.07) is 4.48. The number of benzene rings is 1. The number of nitrogens with zero attached hydrogens (tertiary/aromatic N) is 1. The van der Waals surface area contributed by atoms with E-state index in [9.17, 15) is 4.39 Å². The van der Waals surface area contributed by atoms with Crippen LogP contribution < -0.4 is 10.1 Å². The first kappa shape index (κ1) is 11.8. The second-order valence-corrected chi connectivity index (χ2v) is 5.84. The molecule has 0 radical (unpaired) electrons. The summed E-state index contributed by atoms with van der Waals surface area (Å²) >= 11 is 1.79. The van der Waals surface area contributed by atoms with Crippen LogP contribution in [0.5, 0.6) is 5.75 Å². The molecule has 1 aromatic rings. The lowest BCUT2D eigenvalue weighted by Gasteiger charge is -2.11. The summed E-state index contributed by atoms with van der Waals surface area (Å²) in [4.78, 5) is 4.49. The van der Waals surface area contributed by atoms with E-state index in [4.69, 9.17) is 4.74 Å². The van der Waals surface area contributed by atoms with Crippen molar-refractivity contribution in [2.75, 3.05) is 19.0 Å². The molecule has 1 aliphatic heterocycles. The molecule has 1 saturated carbocycles. The van der Waals surface area contributed by atoms with Crippen molar-refractivity contribution in [1.82, 2.24) is 0 Å². The first-order chi connectivity index (χ1) is 8.76. The Labute approximate surface area is 110 Å². The first-order valence-corrected chi connectivity index (χ1v) is 6.96. The normalized spacial score (nSPS) is 22.8. The third-order valence-electron chi connectivity index (χ3n) is 3.23. The van der Waals surface area contributed by atoms with Crippen molar-refractivity contribution in [3.8, 4) is 5.75 Å². The number of methoxy groups -OCH3 is 1. The van der Waals surface area contributed by atoms with E-state index in [1.165, 1.54) is 32.1 Å². The van der Waals surface area contributed by atoms with Gasteiger partial charge in [-0.1, -0.05) is 11.8 Å². The Morgan fingerprint density at radius 2 is 2.28 bits per heavy atom. The number of aliphatic imine (C=N–C) groups is 1. The van der Waals surface area contributed by atoms with E-state index < -0.39 is 0 Å². The molecule has 0 saturated heterocycles. The Kier molecular flexibility index (Phi) is 3.16. The Morgan fingerprint density at radius 3 is 3.00 bits per heavy atom. The molecule has 3 rings (SSSR count). The molecule has 1 atom stereocenters. The molecule has 1 aromatic carbocycles. The number of anilines is 1. The summed E-state index contributed by atoms with van der Waals surface area (Å²) in [5.74, 6) is 1.05. The van der Waals surface area contributed by atoms with E-state index in [0.29, 0.717) is 11.0 Å². The van der Waals surface area contributed by atoms with E-state index in [2.05, 4.69) is 10.3 Å². The third-order valence-corrected chi connectivity index (χ3v) is 4.52. The van der Waals surface area contributed by atoms with E-state index >= 15 is 0 Å². The standard InChI is InChI=1S/C13H15FN2OS/c1-17-11-6-9(14)4-5-10(11)16-13-15-7-12(18-13)8-2-3-8/h4-6,8,12H,2-3,7H2,1H3,(H,15,16). The van der Waals surface area contributed by atoms with Gasteiger partial charge in [-0.25, -0.2) is 4.39 Å². The van der Waals surface area contributed by atoms with Gasteiger partial charge in [-0.05, 0) is 30.9 Å². The number of ether oxygens (including phenoxy) is 1. The Morgan fingerprint density at radius 1 is 1.44 bits per heavy atom. The summed E-state index contributed by atoms with van der Waals surface area (Å²) in [7, 11) is 1.54. The van der Waals surface area contributed by atoms with Crippen LogP contribution in [-0.4, -0.2) is 24.1 Å². The molecule has 1 fully saturated rings. The second-order valence-electron chi connectivity index (χ2n) is 4.61. The zero-order valence-electron chi connectivity index (χ0n) is 10.1. The van der Waals surface area contributed by atoms with Crippen LogP contribution >= 0.6 is 11.8 Å². The highest BCUT2D eigenvalue weighted by molar-refractivity contribution is 8.15. The van der Waals surface area contributed by atoms with Gasteiger partial charge in [0.05, 0.1) is 19.3 Å². The Bertz CT molecular complexity index is 488. The van der Waals surface area contributed by atoms with Gasteiger partial charge in [0.25, 0.3) is 0 Å². The van der Waals surface area contributed by atoms with Crippen LogP contribution in [0.25, 0.3) is 0 Å². The number of rotatable bonds is 3. The fourth-order valence-corrected chi connectivity index (χ4v) is 3.28. The van der Waals surface area contributed by atoms with Crippen molar-refractivity contribution < 1.29 is 9.13 Å². The van der Waals surface area contributed by atoms with Gasteiger partial charge in [0.2, 0.25) is 0 Å². The van der Waals surface area contributed by atoms with Gasteiger partial charge in [0, 0.05) is 11.3 Å². The molecule has 0 bridgehead atoms. The van der Waals surface area contributed by atoms with E-state index in [0.717, 1.165) is 23.3 Å². The molecule has 1 heterocycles. The zero-order chi connectivity index (χ0) is 12.5. The lowest BCUT2D eigenvalue weighted by Crippen LogP contribution is -2.09. The number of hydrogen-bond acceptors (Lipinski definition) is 4. The van der Waals surface area contributed by atoms with Gasteiger partial charge in [0.15, 0.2) is 5.17 Å². The minimum Gasteiger partial charge on any atom is -0.494 e. The predicted molar refractivity (Wildman–Crippen MR) is 73.0 cm³/mol. The molecule has 1 unspecified atom stereocenters. The molecule has 5 heteroatoms. The molecular weight excluding hydrogens is 251 g/mol. The van der Waals surface area contributed by atoms with Crippen LogP contribution in [0, 0.1) is 11.7 Å². The molecular formula is C13H15FN2OS. The van der Waals surface area contributed by atoms with Crippen LogP contribution in [0.3, 0.4) is 0 Å². The van der Waals surface area contributed by atoms with E-state index in [-0.39, 0.29) is 5.82 Å². The topological polar surface area (TPSA) is 33.6 Å². The minimum absolute atomic E-state index is 0.297. The first-order valence-electron chi connectivity index (χ1n) is 6.08. The summed E-state index contributed by atoms with van der Waals surface area (Å²) in [5.41, 5.74) is 0.765. The van der Waals surface area contributed by atoms with Crippen molar-refractivity contribution in [1.29, 1.82) is 0 Å². The summed E-state index contributed by atoms with van der Waals surface area (Å²) < 4.78 is 18.2. The maximum absolute atomic E-state index is 13.1. The average Bonchev–Trinajstić information content (AvgIpc) is 3.12. The smallest absolute Gasteiger partial charge is 0.161 e. The lowest BCUT2D eigenvalue weighted by atomic mass is 10.3. The molecule has 1 aliphatic carbocycles. The van der Waals surface area contributed by atoms with Crippen molar-refractivity contribution in [3.63, 3.8) is 0 Å². The molecule has 3 nitrogen and oxygen atoms in total. The van der Waals surface area contributed by atoms with Crippen molar-refractivity contribution >= 4 is 22.6 Å². The number of thioether (sulfide) groups is 1. The number of amidine groups is 1. The van der Waals surface area contributed by atoms with Gasteiger partial charge in [-0.3, -0.25) is 4.99 Å². The van der Waals surface area contributed by atoms with Crippen molar-refractivity contribution in [2.45, 2.75) is 18.1 Å². The largest absolute Gasteiger partial charge is 0.494 e. The second kappa shape index (κ2) is 4.80. The maximum atomic E-state index is 13.1. The zero-order valence-corrected chi connectivity index (χ0v) is 11.0. The predicted octanol–water partition coefficient (Wildman–Crippen LogP) is 3.13. The molecule has 96 valence electrons. The average molecular weight is 266 g/mol. The number of halogens is 1. The summed E-state index contributed by atoms with van der Waals surface area (Å²) in [5, 5.41) is 4.76. The van der Waals surface area contributed by atoms with E-state index in [1.807, 2.05) is 0 Å². The van der Waals surface area contributed by atoms with Crippen LogP contribution in [-0.2, 0) is 0 Å². The highest BCUT2D eigenvalue weighted by Crippen LogP contribution is 2.42. The quantitative estimate of drug-likeness (QED) is 0.912. The Balaban J connectivity index is 1.69. The molecule has 2 aliphatic rings.